The number of thioether (sulfide) groups is 1. The van der Waals surface area contributed by atoms with E-state index in [2.05, 4.69) is 25.5 Å². The van der Waals surface area contributed by atoms with E-state index in [-0.39, 0.29) is 17.9 Å². The lowest BCUT2D eigenvalue weighted by Gasteiger charge is -2.25. The summed E-state index contributed by atoms with van der Waals surface area (Å²) in [5.41, 5.74) is 1.02. The summed E-state index contributed by atoms with van der Waals surface area (Å²) < 4.78 is 0. The van der Waals surface area contributed by atoms with E-state index in [9.17, 15) is 9.59 Å². The fourth-order valence-corrected chi connectivity index (χ4v) is 3.40. The highest BCUT2D eigenvalue weighted by atomic mass is 32.2. The van der Waals surface area contributed by atoms with Crippen LogP contribution >= 0.6 is 11.8 Å². The predicted octanol–water partition coefficient (Wildman–Crippen LogP) is 0.401. The summed E-state index contributed by atoms with van der Waals surface area (Å²) in [7, 11) is 2.04. The number of nitrogens with one attached hydrogen (secondary N) is 3. The number of amides is 2. The van der Waals surface area contributed by atoms with Crippen LogP contribution in [0.15, 0.2) is 12.5 Å². The van der Waals surface area contributed by atoms with E-state index in [1.165, 1.54) is 11.8 Å². The second-order valence-electron chi connectivity index (χ2n) is 6.17. The average molecular weight is 353 g/mol. The first-order valence-electron chi connectivity index (χ1n) is 8.31. The lowest BCUT2D eigenvalue weighted by molar-refractivity contribution is -0.122. The van der Waals surface area contributed by atoms with Gasteiger partial charge in [0, 0.05) is 49.9 Å². The molecule has 1 saturated heterocycles. The van der Waals surface area contributed by atoms with Gasteiger partial charge in [0.15, 0.2) is 0 Å². The zero-order chi connectivity index (χ0) is 17.4. The molecule has 0 unspecified atom stereocenters. The van der Waals surface area contributed by atoms with Crippen molar-refractivity contribution in [1.29, 1.82) is 0 Å². The molecule has 1 aromatic heterocycles. The number of likely N-dealkylation sites (tertiary alicyclic amines) is 1. The third-order valence-corrected chi connectivity index (χ3v) is 5.04. The minimum atomic E-state index is 0.0795. The van der Waals surface area contributed by atoms with Crippen LogP contribution in [0.1, 0.15) is 25.0 Å². The fraction of sp³-hybridized carbons (Fsp3) is 0.688. The second-order valence-corrected chi connectivity index (χ2v) is 7.03. The maximum atomic E-state index is 12.1. The van der Waals surface area contributed by atoms with Crippen molar-refractivity contribution in [1.82, 2.24) is 25.5 Å². The van der Waals surface area contributed by atoms with Crippen molar-refractivity contribution < 1.29 is 9.59 Å². The number of rotatable bonds is 9. The maximum Gasteiger partial charge on any atom is 0.230 e. The lowest BCUT2D eigenvalue weighted by Crippen LogP contribution is -2.42. The Morgan fingerprint density at radius 3 is 2.83 bits per heavy atom. The standard InChI is InChI=1S/C16H27N5O2S/c1-21-13(3-4-14(21)9-19-16(23)10-24-2)7-15(22)18-6-5-12-8-17-11-20-12/h8,11,13-14H,3-7,9-10H2,1-2H3,(H,17,20)(H,18,22)(H,19,23)/t13-,14+/m1/s1. The normalized spacial score (nSPS) is 20.9. The number of aromatic amines is 1. The van der Waals surface area contributed by atoms with Gasteiger partial charge in [-0.05, 0) is 26.1 Å². The number of H-pyrrole nitrogens is 1. The Morgan fingerprint density at radius 1 is 1.33 bits per heavy atom. The second kappa shape index (κ2) is 9.68. The number of imidazole rings is 1. The van der Waals surface area contributed by atoms with Crippen molar-refractivity contribution >= 4 is 23.6 Å². The zero-order valence-electron chi connectivity index (χ0n) is 14.4. The van der Waals surface area contributed by atoms with E-state index >= 15 is 0 Å². The van der Waals surface area contributed by atoms with Gasteiger partial charge in [0.05, 0.1) is 12.1 Å². The van der Waals surface area contributed by atoms with E-state index in [0.717, 1.165) is 25.0 Å². The molecule has 1 aliphatic heterocycles. The van der Waals surface area contributed by atoms with E-state index < -0.39 is 0 Å². The molecule has 0 aromatic carbocycles. The predicted molar refractivity (Wildman–Crippen MR) is 95.9 cm³/mol. The highest BCUT2D eigenvalue weighted by Crippen LogP contribution is 2.24. The summed E-state index contributed by atoms with van der Waals surface area (Å²) in [5, 5.41) is 5.93. The molecule has 3 N–H and O–H groups in total. The van der Waals surface area contributed by atoms with Gasteiger partial charge in [-0.2, -0.15) is 11.8 Å². The Bertz CT molecular complexity index is 523. The molecule has 7 nitrogen and oxygen atoms in total. The van der Waals surface area contributed by atoms with Crippen LogP contribution in [0, 0.1) is 0 Å². The number of aromatic nitrogens is 2. The molecule has 0 spiro atoms. The van der Waals surface area contributed by atoms with E-state index in [1.54, 1.807) is 12.5 Å². The summed E-state index contributed by atoms with van der Waals surface area (Å²) >= 11 is 1.52. The van der Waals surface area contributed by atoms with Gasteiger partial charge >= 0.3 is 0 Å². The molecule has 24 heavy (non-hydrogen) atoms. The summed E-state index contributed by atoms with van der Waals surface area (Å²) in [6, 6.07) is 0.568. The molecule has 8 heteroatoms. The highest BCUT2D eigenvalue weighted by Gasteiger charge is 2.31. The Labute approximate surface area is 147 Å². The number of hydrogen-bond acceptors (Lipinski definition) is 5. The number of carbonyl (C=O) groups is 2. The SMILES string of the molecule is CSCC(=O)NC[C@@H]1CC[C@H](CC(=O)NCCc2cnc[nH]2)N1C. The first-order chi connectivity index (χ1) is 11.6. The largest absolute Gasteiger partial charge is 0.356 e. The summed E-state index contributed by atoms with van der Waals surface area (Å²) in [6.45, 7) is 1.28. The van der Waals surface area contributed by atoms with Gasteiger partial charge in [0.2, 0.25) is 11.8 Å². The molecular weight excluding hydrogens is 326 g/mol. The van der Waals surface area contributed by atoms with Gasteiger partial charge in [-0.25, -0.2) is 4.98 Å². The Balaban J connectivity index is 1.65. The minimum Gasteiger partial charge on any atom is -0.356 e. The molecule has 1 aliphatic rings. The summed E-state index contributed by atoms with van der Waals surface area (Å²) in [4.78, 5) is 32.9. The van der Waals surface area contributed by atoms with Crippen molar-refractivity contribution in [2.75, 3.05) is 32.1 Å². The smallest absolute Gasteiger partial charge is 0.230 e. The van der Waals surface area contributed by atoms with Gasteiger partial charge in [0.1, 0.15) is 0 Å². The van der Waals surface area contributed by atoms with Crippen LogP contribution < -0.4 is 10.6 Å². The zero-order valence-corrected chi connectivity index (χ0v) is 15.2. The quantitative estimate of drug-likeness (QED) is 0.598. The Morgan fingerprint density at radius 2 is 2.12 bits per heavy atom. The number of likely N-dealkylation sites (N-methyl/N-ethyl adjacent to an activating group) is 1. The molecule has 0 saturated carbocycles. The van der Waals surface area contributed by atoms with Crippen LogP contribution in [0.4, 0.5) is 0 Å². The van der Waals surface area contributed by atoms with Crippen molar-refractivity contribution in [2.24, 2.45) is 0 Å². The number of nitrogens with zero attached hydrogens (tertiary/aromatic N) is 2. The van der Waals surface area contributed by atoms with Gasteiger partial charge in [-0.3, -0.25) is 14.5 Å². The average Bonchev–Trinajstić information content (AvgIpc) is 3.17. The minimum absolute atomic E-state index is 0.0795. The monoisotopic (exact) mass is 353 g/mol. The molecular formula is C16H27N5O2S. The molecule has 2 atom stereocenters. The van der Waals surface area contributed by atoms with Crippen molar-refractivity contribution in [3.63, 3.8) is 0 Å². The summed E-state index contributed by atoms with van der Waals surface area (Å²) in [6.07, 6.45) is 8.61. The van der Waals surface area contributed by atoms with Crippen LogP contribution in [0.25, 0.3) is 0 Å². The highest BCUT2D eigenvalue weighted by molar-refractivity contribution is 7.99. The lowest BCUT2D eigenvalue weighted by atomic mass is 10.1. The first-order valence-corrected chi connectivity index (χ1v) is 9.71. The number of hydrogen-bond donors (Lipinski definition) is 3. The third-order valence-electron chi connectivity index (χ3n) is 4.49. The van der Waals surface area contributed by atoms with Gasteiger partial charge in [0.25, 0.3) is 0 Å². The third kappa shape index (κ3) is 5.83. The van der Waals surface area contributed by atoms with Gasteiger partial charge < -0.3 is 15.6 Å². The molecule has 1 fully saturated rings. The Hall–Kier alpha value is -1.54. The topological polar surface area (TPSA) is 90.1 Å². The first kappa shape index (κ1) is 18.8. The number of carbonyl (C=O) groups excluding carboxylic acids is 2. The summed E-state index contributed by atoms with van der Waals surface area (Å²) in [5.74, 6) is 0.660. The van der Waals surface area contributed by atoms with Gasteiger partial charge in [-0.1, -0.05) is 0 Å². The van der Waals surface area contributed by atoms with Crippen LogP contribution in [-0.4, -0.2) is 70.9 Å². The van der Waals surface area contributed by atoms with Gasteiger partial charge in [-0.15, -0.1) is 0 Å². The molecule has 2 heterocycles. The van der Waals surface area contributed by atoms with Crippen molar-refractivity contribution in [2.45, 2.75) is 37.8 Å². The van der Waals surface area contributed by atoms with Crippen molar-refractivity contribution in [3.05, 3.63) is 18.2 Å². The fourth-order valence-electron chi connectivity index (χ4n) is 3.04. The molecule has 2 amide bonds. The van der Waals surface area contributed by atoms with E-state index in [1.807, 2.05) is 13.3 Å². The van der Waals surface area contributed by atoms with Crippen molar-refractivity contribution in [3.8, 4) is 0 Å². The molecule has 0 aliphatic carbocycles. The van der Waals surface area contributed by atoms with Crippen LogP contribution in [0.3, 0.4) is 0 Å². The molecule has 0 bridgehead atoms. The molecule has 1 aromatic rings. The van der Waals surface area contributed by atoms with E-state index in [0.29, 0.717) is 31.3 Å². The van der Waals surface area contributed by atoms with Crippen LogP contribution in [0.5, 0.6) is 0 Å². The molecule has 0 radical (unpaired) electrons. The van der Waals surface area contributed by atoms with Crippen LogP contribution in [0.2, 0.25) is 0 Å². The van der Waals surface area contributed by atoms with E-state index in [4.69, 9.17) is 0 Å². The molecule has 134 valence electrons. The van der Waals surface area contributed by atoms with Crippen LogP contribution in [-0.2, 0) is 16.0 Å². The Kier molecular flexibility index (Phi) is 7.58. The maximum absolute atomic E-state index is 12.1. The molecule has 2 rings (SSSR count).